The molecule has 0 saturated carbocycles. The van der Waals surface area contributed by atoms with E-state index in [0.29, 0.717) is 0 Å². The van der Waals surface area contributed by atoms with Crippen LogP contribution < -0.4 is 0 Å². The van der Waals surface area contributed by atoms with Crippen molar-refractivity contribution in [2.45, 2.75) is 12.8 Å². The van der Waals surface area contributed by atoms with Gasteiger partial charge in [0.15, 0.2) is 0 Å². The molecule has 0 radical (unpaired) electrons. The van der Waals surface area contributed by atoms with Crippen molar-refractivity contribution in [1.82, 2.24) is 9.13 Å². The molecule has 0 unspecified atom stereocenters. The Morgan fingerprint density at radius 1 is 0.339 bits per heavy atom. The zero-order chi connectivity index (χ0) is 37.0. The molecule has 2 heteroatoms. The highest BCUT2D eigenvalue weighted by molar-refractivity contribution is 6.12. The first-order valence-electron chi connectivity index (χ1n) is 19.6. The Morgan fingerprint density at radius 2 is 0.839 bits per heavy atom. The van der Waals surface area contributed by atoms with Crippen LogP contribution in [0.5, 0.6) is 0 Å². The third-order valence-corrected chi connectivity index (χ3v) is 11.6. The van der Waals surface area contributed by atoms with E-state index in [1.54, 1.807) is 0 Å². The van der Waals surface area contributed by atoms with Gasteiger partial charge in [0.1, 0.15) is 0 Å². The lowest BCUT2D eigenvalue weighted by atomic mass is 9.86. The number of hydrogen-bond donors (Lipinski definition) is 0. The van der Waals surface area contributed by atoms with E-state index < -0.39 is 0 Å². The van der Waals surface area contributed by atoms with E-state index in [1.807, 2.05) is 0 Å². The first-order chi connectivity index (χ1) is 27.8. The molecule has 0 bridgehead atoms. The summed E-state index contributed by atoms with van der Waals surface area (Å²) in [6.45, 7) is 0. The zero-order valence-corrected chi connectivity index (χ0v) is 30.9. The lowest BCUT2D eigenvalue weighted by molar-refractivity contribution is 1.05. The maximum Gasteiger partial charge on any atom is 0.0542 e. The van der Waals surface area contributed by atoms with Gasteiger partial charge in [0.05, 0.1) is 22.1 Å². The van der Waals surface area contributed by atoms with Gasteiger partial charge in [-0.05, 0) is 112 Å². The molecule has 0 amide bonds. The summed E-state index contributed by atoms with van der Waals surface area (Å²) in [5.74, 6) is 0. The molecule has 10 aromatic rings. The molecule has 0 N–H and O–H groups in total. The Hall–Kier alpha value is -7.16. The molecule has 1 aliphatic rings. The average molecular weight is 715 g/mol. The number of rotatable bonds is 6. The van der Waals surface area contributed by atoms with Gasteiger partial charge in [-0.15, -0.1) is 0 Å². The average Bonchev–Trinajstić information content (AvgIpc) is 3.79. The summed E-state index contributed by atoms with van der Waals surface area (Å²) in [7, 11) is 0. The molecule has 0 saturated heterocycles. The second kappa shape index (κ2) is 13.3. The second-order valence-electron chi connectivity index (χ2n) is 14.8. The molecule has 0 aliphatic heterocycles. The quantitative estimate of drug-likeness (QED) is 0.162. The summed E-state index contributed by atoms with van der Waals surface area (Å²) in [5.41, 5.74) is 17.2. The van der Waals surface area contributed by atoms with Crippen LogP contribution >= 0.6 is 0 Å². The van der Waals surface area contributed by atoms with Crippen LogP contribution in [-0.4, -0.2) is 9.13 Å². The number of fused-ring (bicyclic) bond motifs is 6. The molecule has 8 aromatic carbocycles. The summed E-state index contributed by atoms with van der Waals surface area (Å²) in [5, 5.41) is 5.02. The summed E-state index contributed by atoms with van der Waals surface area (Å²) >= 11 is 0. The Kier molecular flexibility index (Phi) is 7.67. The van der Waals surface area contributed by atoms with Crippen LogP contribution in [-0.2, 0) is 0 Å². The second-order valence-corrected chi connectivity index (χ2v) is 14.8. The van der Waals surface area contributed by atoms with Crippen molar-refractivity contribution < 1.29 is 0 Å². The number of benzene rings is 8. The molecule has 0 spiro atoms. The predicted molar refractivity (Wildman–Crippen MR) is 238 cm³/mol. The van der Waals surface area contributed by atoms with Crippen molar-refractivity contribution in [1.29, 1.82) is 0 Å². The molecular formula is C54H38N2. The van der Waals surface area contributed by atoms with E-state index in [-0.39, 0.29) is 0 Å². The van der Waals surface area contributed by atoms with Crippen LogP contribution in [0, 0.1) is 0 Å². The molecule has 1 aliphatic carbocycles. The molecule has 0 fully saturated rings. The maximum absolute atomic E-state index is 2.45. The van der Waals surface area contributed by atoms with Gasteiger partial charge in [0, 0.05) is 32.9 Å². The van der Waals surface area contributed by atoms with Crippen molar-refractivity contribution in [2.75, 3.05) is 0 Å². The van der Waals surface area contributed by atoms with Crippen molar-refractivity contribution in [3.8, 4) is 44.8 Å². The molecular weight excluding hydrogens is 677 g/mol. The van der Waals surface area contributed by atoms with E-state index in [1.165, 1.54) is 88.1 Å². The van der Waals surface area contributed by atoms with Gasteiger partial charge < -0.3 is 9.13 Å². The van der Waals surface area contributed by atoms with Crippen molar-refractivity contribution in [3.63, 3.8) is 0 Å². The van der Waals surface area contributed by atoms with Gasteiger partial charge in [0.25, 0.3) is 0 Å². The Balaban J connectivity index is 1.13. The predicted octanol–water partition coefficient (Wildman–Crippen LogP) is 14.6. The molecule has 0 atom stereocenters. The van der Waals surface area contributed by atoms with E-state index in [9.17, 15) is 0 Å². The molecule has 2 aromatic heterocycles. The summed E-state index contributed by atoms with van der Waals surface area (Å²) in [6, 6.07) is 69.1. The van der Waals surface area contributed by atoms with Gasteiger partial charge in [0.2, 0.25) is 0 Å². The minimum absolute atomic E-state index is 1.03. The highest BCUT2D eigenvalue weighted by Gasteiger charge is 2.19. The molecule has 264 valence electrons. The minimum atomic E-state index is 1.03. The van der Waals surface area contributed by atoms with Gasteiger partial charge in [-0.3, -0.25) is 0 Å². The first kappa shape index (κ1) is 32.3. The number of allylic oxidation sites excluding steroid dienone is 4. The summed E-state index contributed by atoms with van der Waals surface area (Å²) in [4.78, 5) is 0. The normalized spacial score (nSPS) is 12.9. The number of aromatic nitrogens is 2. The Labute approximate surface area is 326 Å². The molecule has 2 nitrogen and oxygen atoms in total. The highest BCUT2D eigenvalue weighted by Crippen LogP contribution is 2.42. The van der Waals surface area contributed by atoms with Gasteiger partial charge >= 0.3 is 0 Å². The van der Waals surface area contributed by atoms with E-state index in [2.05, 4.69) is 215 Å². The van der Waals surface area contributed by atoms with Crippen LogP contribution in [0.25, 0.3) is 93.9 Å². The van der Waals surface area contributed by atoms with Crippen LogP contribution in [0.2, 0.25) is 0 Å². The van der Waals surface area contributed by atoms with Gasteiger partial charge in [-0.25, -0.2) is 0 Å². The number of para-hydroxylation sites is 3. The fourth-order valence-electron chi connectivity index (χ4n) is 9.03. The number of hydrogen-bond acceptors (Lipinski definition) is 0. The smallest absolute Gasteiger partial charge is 0.0542 e. The highest BCUT2D eigenvalue weighted by atomic mass is 15.0. The summed E-state index contributed by atoms with van der Waals surface area (Å²) in [6.07, 6.45) is 8.87. The Bertz CT molecular complexity index is 3120. The first-order valence-corrected chi connectivity index (χ1v) is 19.6. The fourth-order valence-corrected chi connectivity index (χ4v) is 9.03. The van der Waals surface area contributed by atoms with E-state index >= 15 is 0 Å². The molecule has 2 heterocycles. The fraction of sp³-hybridized carbons (Fsp3) is 0.0370. The monoisotopic (exact) mass is 714 g/mol. The van der Waals surface area contributed by atoms with Gasteiger partial charge in [-0.1, -0.05) is 152 Å². The maximum atomic E-state index is 2.45. The van der Waals surface area contributed by atoms with Crippen LogP contribution in [0.15, 0.2) is 206 Å². The minimum Gasteiger partial charge on any atom is -0.309 e. The van der Waals surface area contributed by atoms with E-state index in [4.69, 9.17) is 0 Å². The van der Waals surface area contributed by atoms with Crippen molar-refractivity contribution >= 4 is 49.2 Å². The molecule has 11 rings (SSSR count). The van der Waals surface area contributed by atoms with Crippen LogP contribution in [0.1, 0.15) is 18.4 Å². The lowest BCUT2D eigenvalue weighted by Gasteiger charge is -2.19. The van der Waals surface area contributed by atoms with Crippen molar-refractivity contribution in [2.24, 2.45) is 0 Å². The summed E-state index contributed by atoms with van der Waals surface area (Å²) < 4.78 is 4.86. The lowest BCUT2D eigenvalue weighted by Crippen LogP contribution is -1.98. The van der Waals surface area contributed by atoms with Crippen LogP contribution in [0.4, 0.5) is 0 Å². The van der Waals surface area contributed by atoms with E-state index in [0.717, 1.165) is 24.2 Å². The number of nitrogens with zero attached hydrogens (tertiary/aromatic N) is 2. The standard InChI is InChI=1S/C54H38N2/c1-4-16-37(17-5-1)43-31-28-40(34-48(43)39-20-8-3-9-21-39)49-35-41(29-32-44(49)38-18-6-2-7-19-38)56-53-27-15-12-24-47(53)50-36-42(30-33-54(50)56)55-51-25-13-10-22-45(51)46-23-11-14-26-52(46)55/h1-8,10-20,22-36H,9,21H2. The zero-order valence-electron chi connectivity index (χ0n) is 30.9. The van der Waals surface area contributed by atoms with Gasteiger partial charge in [-0.2, -0.15) is 0 Å². The molecule has 56 heavy (non-hydrogen) atoms. The largest absolute Gasteiger partial charge is 0.309 e. The van der Waals surface area contributed by atoms with Crippen LogP contribution in [0.3, 0.4) is 0 Å². The SMILES string of the molecule is C1=CCCC(c2cc(-c3cc(-n4c5ccccc5c5cc(-n6c7ccccc7c7ccccc76)ccc54)ccc3-c3ccccc3)ccc2-c2ccccc2)=C1. The van der Waals surface area contributed by atoms with Crippen molar-refractivity contribution in [3.05, 3.63) is 212 Å². The third kappa shape index (κ3) is 5.26. The third-order valence-electron chi connectivity index (χ3n) is 11.6. The topological polar surface area (TPSA) is 9.86 Å². The Morgan fingerprint density at radius 3 is 1.45 bits per heavy atom.